The predicted molar refractivity (Wildman–Crippen MR) is 140 cm³/mol. The average Bonchev–Trinajstić information content (AvgIpc) is 2.94. The van der Waals surface area contributed by atoms with E-state index in [9.17, 15) is 4.79 Å². The van der Waals surface area contributed by atoms with Crippen LogP contribution in [0.25, 0.3) is 22.4 Å². The van der Waals surface area contributed by atoms with Crippen molar-refractivity contribution in [2.75, 3.05) is 29.9 Å². The molecule has 0 atom stereocenters. The van der Waals surface area contributed by atoms with Crippen molar-refractivity contribution in [1.82, 2.24) is 10.2 Å². The van der Waals surface area contributed by atoms with E-state index in [1.807, 2.05) is 91.0 Å². The van der Waals surface area contributed by atoms with Gasteiger partial charge < -0.3 is 15.0 Å². The fourth-order valence-corrected chi connectivity index (χ4v) is 4.28. The molecule has 1 saturated heterocycles. The molecule has 1 N–H and O–H groups in total. The molecule has 1 amide bonds. The predicted octanol–water partition coefficient (Wildman–Crippen LogP) is 5.82. The van der Waals surface area contributed by atoms with E-state index in [1.54, 1.807) is 0 Å². The van der Waals surface area contributed by atoms with Gasteiger partial charge in [0.25, 0.3) is 5.91 Å². The zero-order chi connectivity index (χ0) is 23.9. The van der Waals surface area contributed by atoms with Gasteiger partial charge in [0.05, 0.1) is 5.69 Å². The molecule has 0 spiro atoms. The van der Waals surface area contributed by atoms with Crippen molar-refractivity contribution in [3.05, 3.63) is 91.0 Å². The largest absolute Gasteiger partial charge is 0.483 e. The SMILES string of the molecule is O=C(COc1ccccc1-c1ccccc1)Nc1ccc(-c2ccc(N3CCCCC3)nn2)cc1. The van der Waals surface area contributed by atoms with Crippen LogP contribution in [0.4, 0.5) is 11.5 Å². The number of ether oxygens (including phenoxy) is 1. The van der Waals surface area contributed by atoms with Crippen LogP contribution in [-0.2, 0) is 4.79 Å². The van der Waals surface area contributed by atoms with Gasteiger partial charge in [0.1, 0.15) is 5.75 Å². The first kappa shape index (κ1) is 22.6. The van der Waals surface area contributed by atoms with Gasteiger partial charge >= 0.3 is 0 Å². The number of carbonyl (C=O) groups is 1. The highest BCUT2D eigenvalue weighted by Gasteiger charge is 2.13. The van der Waals surface area contributed by atoms with Crippen LogP contribution in [0, 0.1) is 0 Å². The van der Waals surface area contributed by atoms with Gasteiger partial charge in [0.15, 0.2) is 12.4 Å². The van der Waals surface area contributed by atoms with E-state index in [2.05, 4.69) is 20.4 Å². The Bertz CT molecular complexity index is 1250. The van der Waals surface area contributed by atoms with Crippen molar-refractivity contribution < 1.29 is 9.53 Å². The van der Waals surface area contributed by atoms with Crippen LogP contribution in [-0.4, -0.2) is 35.8 Å². The lowest BCUT2D eigenvalue weighted by atomic mass is 10.1. The minimum Gasteiger partial charge on any atom is -0.483 e. The Balaban J connectivity index is 1.18. The number of benzene rings is 3. The Morgan fingerprint density at radius 1 is 0.771 bits per heavy atom. The summed E-state index contributed by atoms with van der Waals surface area (Å²) in [6, 6.07) is 29.4. The average molecular weight is 465 g/mol. The van der Waals surface area contributed by atoms with E-state index < -0.39 is 0 Å². The maximum absolute atomic E-state index is 12.5. The minimum atomic E-state index is -0.216. The monoisotopic (exact) mass is 464 g/mol. The number of piperidine rings is 1. The molecule has 35 heavy (non-hydrogen) atoms. The van der Waals surface area contributed by atoms with Crippen molar-refractivity contribution in [2.24, 2.45) is 0 Å². The minimum absolute atomic E-state index is 0.0744. The van der Waals surface area contributed by atoms with Crippen molar-refractivity contribution in [3.63, 3.8) is 0 Å². The number of nitrogens with zero attached hydrogens (tertiary/aromatic N) is 3. The second-order valence-electron chi connectivity index (χ2n) is 8.60. The molecule has 5 rings (SSSR count). The number of amides is 1. The van der Waals surface area contributed by atoms with Gasteiger partial charge in [-0.2, -0.15) is 0 Å². The molecular formula is C29H28N4O2. The van der Waals surface area contributed by atoms with Gasteiger partial charge in [-0.1, -0.05) is 60.7 Å². The number of carbonyl (C=O) groups excluding carboxylic acids is 1. The standard InChI is InChI=1S/C29H28N4O2/c34-29(21-35-27-12-6-5-11-25(27)22-9-3-1-4-10-22)30-24-15-13-23(14-16-24)26-17-18-28(32-31-26)33-19-7-2-8-20-33/h1,3-6,9-18H,2,7-8,19-21H2,(H,30,34). The van der Waals surface area contributed by atoms with E-state index in [1.165, 1.54) is 19.3 Å². The summed E-state index contributed by atoms with van der Waals surface area (Å²) in [4.78, 5) is 14.8. The van der Waals surface area contributed by atoms with Crippen LogP contribution < -0.4 is 15.0 Å². The van der Waals surface area contributed by atoms with Crippen molar-refractivity contribution >= 4 is 17.4 Å². The van der Waals surface area contributed by atoms with Crippen LogP contribution in [0.3, 0.4) is 0 Å². The molecule has 2 heterocycles. The number of hydrogen-bond acceptors (Lipinski definition) is 5. The Kier molecular flexibility index (Phi) is 6.99. The zero-order valence-electron chi connectivity index (χ0n) is 19.6. The summed E-state index contributed by atoms with van der Waals surface area (Å²) in [5.41, 5.74) is 4.47. The summed E-state index contributed by atoms with van der Waals surface area (Å²) in [5, 5.41) is 11.7. The van der Waals surface area contributed by atoms with Gasteiger partial charge in [0.2, 0.25) is 0 Å². The van der Waals surface area contributed by atoms with Crippen molar-refractivity contribution in [1.29, 1.82) is 0 Å². The maximum Gasteiger partial charge on any atom is 0.262 e. The quantitative estimate of drug-likeness (QED) is 0.373. The molecule has 0 radical (unpaired) electrons. The zero-order valence-corrected chi connectivity index (χ0v) is 19.6. The Labute approximate surface area is 205 Å². The fraction of sp³-hybridized carbons (Fsp3) is 0.207. The summed E-state index contributed by atoms with van der Waals surface area (Å²) >= 11 is 0. The Hall–Kier alpha value is -4.19. The molecule has 1 aliphatic heterocycles. The van der Waals surface area contributed by atoms with Crippen LogP contribution in [0.1, 0.15) is 19.3 Å². The highest BCUT2D eigenvalue weighted by atomic mass is 16.5. The molecule has 0 unspecified atom stereocenters. The first-order valence-corrected chi connectivity index (χ1v) is 12.0. The summed E-state index contributed by atoms with van der Waals surface area (Å²) in [6.45, 7) is 2.02. The molecule has 3 aromatic carbocycles. The lowest BCUT2D eigenvalue weighted by Crippen LogP contribution is -2.30. The summed E-state index contributed by atoms with van der Waals surface area (Å²) < 4.78 is 5.85. The second kappa shape index (κ2) is 10.8. The summed E-state index contributed by atoms with van der Waals surface area (Å²) in [5.74, 6) is 1.40. The number of anilines is 2. The number of nitrogens with one attached hydrogen (secondary N) is 1. The van der Waals surface area contributed by atoms with Crippen molar-refractivity contribution in [3.8, 4) is 28.1 Å². The molecule has 0 saturated carbocycles. The third kappa shape index (κ3) is 5.66. The lowest BCUT2D eigenvalue weighted by Gasteiger charge is -2.27. The molecule has 0 aliphatic carbocycles. The first-order chi connectivity index (χ1) is 17.3. The number of hydrogen-bond donors (Lipinski definition) is 1. The van der Waals surface area contributed by atoms with E-state index in [0.29, 0.717) is 11.4 Å². The molecule has 1 aliphatic rings. The first-order valence-electron chi connectivity index (χ1n) is 12.0. The third-order valence-corrected chi connectivity index (χ3v) is 6.13. The van der Waals surface area contributed by atoms with E-state index in [4.69, 9.17) is 4.74 Å². The number of aromatic nitrogens is 2. The Morgan fingerprint density at radius 2 is 1.51 bits per heavy atom. The second-order valence-corrected chi connectivity index (χ2v) is 8.60. The highest BCUT2D eigenvalue weighted by Crippen LogP contribution is 2.29. The van der Waals surface area contributed by atoms with Crippen LogP contribution >= 0.6 is 0 Å². The fourth-order valence-electron chi connectivity index (χ4n) is 4.28. The van der Waals surface area contributed by atoms with E-state index >= 15 is 0 Å². The van der Waals surface area contributed by atoms with Crippen LogP contribution in [0.15, 0.2) is 91.0 Å². The van der Waals surface area contributed by atoms with Crippen molar-refractivity contribution in [2.45, 2.75) is 19.3 Å². The number of rotatable bonds is 7. The van der Waals surface area contributed by atoms with Gasteiger partial charge in [-0.05, 0) is 55.2 Å². The molecule has 6 heteroatoms. The van der Waals surface area contributed by atoms with Crippen LogP contribution in [0.2, 0.25) is 0 Å². The molecular weight excluding hydrogens is 436 g/mol. The molecule has 1 fully saturated rings. The molecule has 1 aromatic heterocycles. The third-order valence-electron chi connectivity index (χ3n) is 6.13. The van der Waals surface area contributed by atoms with E-state index in [0.717, 1.165) is 41.3 Å². The topological polar surface area (TPSA) is 67.3 Å². The normalized spacial score (nSPS) is 13.3. The van der Waals surface area contributed by atoms with Gasteiger partial charge in [0, 0.05) is 29.9 Å². The highest BCUT2D eigenvalue weighted by molar-refractivity contribution is 5.92. The van der Waals surface area contributed by atoms with Crippen LogP contribution in [0.5, 0.6) is 5.75 Å². The van der Waals surface area contributed by atoms with Gasteiger partial charge in [-0.3, -0.25) is 4.79 Å². The van der Waals surface area contributed by atoms with Gasteiger partial charge in [-0.15, -0.1) is 10.2 Å². The molecule has 6 nitrogen and oxygen atoms in total. The maximum atomic E-state index is 12.5. The molecule has 0 bridgehead atoms. The Morgan fingerprint density at radius 3 is 2.26 bits per heavy atom. The number of para-hydroxylation sites is 1. The van der Waals surface area contributed by atoms with Gasteiger partial charge in [-0.25, -0.2) is 0 Å². The molecule has 176 valence electrons. The lowest BCUT2D eigenvalue weighted by molar-refractivity contribution is -0.118. The molecule has 4 aromatic rings. The van der Waals surface area contributed by atoms with E-state index in [-0.39, 0.29) is 12.5 Å². The smallest absolute Gasteiger partial charge is 0.262 e. The summed E-state index contributed by atoms with van der Waals surface area (Å²) in [7, 11) is 0. The summed E-state index contributed by atoms with van der Waals surface area (Å²) in [6.07, 6.45) is 3.71.